The van der Waals surface area contributed by atoms with Crippen LogP contribution in [-0.4, -0.2) is 30.4 Å². The normalized spacial score (nSPS) is 14.8. The molecule has 0 saturated carbocycles. The molecule has 0 fully saturated rings. The van der Waals surface area contributed by atoms with E-state index in [0.29, 0.717) is 17.9 Å². The molecule has 0 unspecified atom stereocenters. The number of nitrogens with one attached hydrogen (secondary N) is 1. The molecule has 0 radical (unpaired) electrons. The number of aliphatic hydroxyl groups is 1. The molecule has 1 aromatic rings. The Bertz CT molecular complexity index is 401. The topological polar surface area (TPSA) is 32.3 Å². The molecular weight excluding hydrogens is 280 g/mol. The number of alkyl halides is 2. The van der Waals surface area contributed by atoms with Crippen molar-refractivity contribution >= 4 is 11.8 Å². The smallest absolute Gasteiger partial charge is 0.257 e. The van der Waals surface area contributed by atoms with E-state index < -0.39 is 12.5 Å². The van der Waals surface area contributed by atoms with Gasteiger partial charge in [-0.15, -0.1) is 11.8 Å². The summed E-state index contributed by atoms with van der Waals surface area (Å²) < 4.78 is 26.8. The van der Waals surface area contributed by atoms with Crippen molar-refractivity contribution in [2.24, 2.45) is 5.92 Å². The van der Waals surface area contributed by atoms with E-state index in [1.54, 1.807) is 12.1 Å². The number of thioether (sulfide) groups is 1. The lowest BCUT2D eigenvalue weighted by Gasteiger charge is -2.26. The Hall–Kier alpha value is -0.650. The monoisotopic (exact) mass is 303 g/mol. The van der Waals surface area contributed by atoms with E-state index in [1.807, 2.05) is 32.2 Å². The van der Waals surface area contributed by atoms with Crippen molar-refractivity contribution in [1.82, 2.24) is 5.32 Å². The van der Waals surface area contributed by atoms with Crippen LogP contribution >= 0.6 is 11.8 Å². The third kappa shape index (κ3) is 5.04. The van der Waals surface area contributed by atoms with Crippen molar-refractivity contribution in [2.45, 2.75) is 43.7 Å². The van der Waals surface area contributed by atoms with Crippen LogP contribution in [0.5, 0.6) is 0 Å². The Kier molecular flexibility index (Phi) is 7.48. The molecule has 0 aliphatic rings. The minimum absolute atomic E-state index is 0.136. The molecule has 2 N–H and O–H groups in total. The lowest BCUT2D eigenvalue weighted by molar-refractivity contribution is 0.0807. The summed E-state index contributed by atoms with van der Waals surface area (Å²) in [5.74, 6) is 0.341. The lowest BCUT2D eigenvalue weighted by Crippen LogP contribution is -2.39. The van der Waals surface area contributed by atoms with Crippen molar-refractivity contribution in [3.63, 3.8) is 0 Å². The number of aliphatic hydroxyl groups excluding tert-OH is 1. The molecule has 114 valence electrons. The lowest BCUT2D eigenvalue weighted by atomic mass is 10.0. The van der Waals surface area contributed by atoms with Gasteiger partial charge < -0.3 is 10.4 Å². The van der Waals surface area contributed by atoms with Gasteiger partial charge in [0, 0.05) is 10.9 Å². The first kappa shape index (κ1) is 17.4. The van der Waals surface area contributed by atoms with Crippen molar-refractivity contribution < 1.29 is 13.9 Å². The first-order valence-electron chi connectivity index (χ1n) is 6.77. The summed E-state index contributed by atoms with van der Waals surface area (Å²) in [4.78, 5) is 0.839. The Balaban J connectivity index is 2.93. The quantitative estimate of drug-likeness (QED) is 0.718. The van der Waals surface area contributed by atoms with Crippen LogP contribution < -0.4 is 5.32 Å². The molecule has 0 amide bonds. The van der Waals surface area contributed by atoms with Gasteiger partial charge in [0.25, 0.3) is 6.43 Å². The van der Waals surface area contributed by atoms with Gasteiger partial charge in [-0.3, -0.25) is 0 Å². The van der Waals surface area contributed by atoms with Gasteiger partial charge in [0.2, 0.25) is 0 Å². The second kappa shape index (κ2) is 8.60. The van der Waals surface area contributed by atoms with Gasteiger partial charge in [0.1, 0.15) is 0 Å². The average molecular weight is 303 g/mol. The van der Waals surface area contributed by atoms with Crippen molar-refractivity contribution in [3.8, 4) is 0 Å². The van der Waals surface area contributed by atoms with Crippen molar-refractivity contribution in [1.29, 1.82) is 0 Å². The number of benzene rings is 1. The fraction of sp³-hybridized carbons (Fsp3) is 0.600. The molecule has 20 heavy (non-hydrogen) atoms. The minimum atomic E-state index is -2.51. The highest BCUT2D eigenvalue weighted by Gasteiger charge is 2.27. The summed E-state index contributed by atoms with van der Waals surface area (Å²) in [6, 6.07) is 5.81. The molecule has 0 saturated heterocycles. The first-order valence-corrected chi connectivity index (χ1v) is 8.00. The van der Waals surface area contributed by atoms with Crippen molar-refractivity contribution in [3.05, 3.63) is 29.8 Å². The van der Waals surface area contributed by atoms with Crippen LogP contribution in [0, 0.1) is 5.92 Å². The maximum absolute atomic E-state index is 13.4. The minimum Gasteiger partial charge on any atom is -0.395 e. The number of hydrogen-bond acceptors (Lipinski definition) is 3. The Morgan fingerprint density at radius 1 is 1.25 bits per heavy atom. The molecule has 0 heterocycles. The number of halogens is 2. The highest BCUT2D eigenvalue weighted by Crippen LogP contribution is 2.30. The number of rotatable bonds is 8. The van der Waals surface area contributed by atoms with Crippen LogP contribution in [-0.2, 0) is 0 Å². The van der Waals surface area contributed by atoms with Crippen LogP contribution in [0.2, 0.25) is 0 Å². The van der Waals surface area contributed by atoms with Gasteiger partial charge in [-0.05, 0) is 30.2 Å². The van der Waals surface area contributed by atoms with E-state index in [-0.39, 0.29) is 12.6 Å². The van der Waals surface area contributed by atoms with Crippen molar-refractivity contribution in [2.75, 3.05) is 12.9 Å². The highest BCUT2D eigenvalue weighted by atomic mass is 32.2. The van der Waals surface area contributed by atoms with E-state index in [0.717, 1.165) is 4.90 Å². The van der Waals surface area contributed by atoms with Crippen LogP contribution in [0.15, 0.2) is 29.2 Å². The second-order valence-corrected chi connectivity index (χ2v) is 6.08. The molecule has 0 aromatic heterocycles. The van der Waals surface area contributed by atoms with Gasteiger partial charge in [0.15, 0.2) is 0 Å². The molecule has 5 heteroatoms. The molecule has 2 atom stereocenters. The van der Waals surface area contributed by atoms with Crippen LogP contribution in [0.4, 0.5) is 8.78 Å². The zero-order valence-corrected chi connectivity index (χ0v) is 13.0. The highest BCUT2D eigenvalue weighted by molar-refractivity contribution is 7.98. The largest absolute Gasteiger partial charge is 0.395 e. The average Bonchev–Trinajstić information content (AvgIpc) is 2.42. The molecule has 1 aromatic carbocycles. The maximum Gasteiger partial charge on any atom is 0.257 e. The van der Waals surface area contributed by atoms with E-state index in [2.05, 4.69) is 5.32 Å². The van der Waals surface area contributed by atoms with Crippen LogP contribution in [0.1, 0.15) is 31.9 Å². The molecule has 0 aliphatic heterocycles. The third-order valence-corrected chi connectivity index (χ3v) is 3.93. The summed E-state index contributed by atoms with van der Waals surface area (Å²) >= 11 is 1.45. The maximum atomic E-state index is 13.4. The second-order valence-electron chi connectivity index (χ2n) is 5.23. The fourth-order valence-electron chi connectivity index (χ4n) is 2.24. The van der Waals surface area contributed by atoms with E-state index in [9.17, 15) is 13.9 Å². The summed E-state index contributed by atoms with van der Waals surface area (Å²) in [6.07, 6.45) is 0.0321. The fourth-order valence-corrected chi connectivity index (χ4v) is 2.89. The van der Waals surface area contributed by atoms with Gasteiger partial charge in [0.05, 0.1) is 12.6 Å². The number of hydrogen-bond donors (Lipinski definition) is 2. The van der Waals surface area contributed by atoms with Crippen LogP contribution in [0.25, 0.3) is 0 Å². The zero-order valence-electron chi connectivity index (χ0n) is 12.1. The Labute approximate surface area is 124 Å². The SMILES string of the molecule is CSc1ccccc1[C@H](N[C@H](CO)CC(C)C)C(F)F. The predicted molar refractivity (Wildman–Crippen MR) is 80.4 cm³/mol. The molecule has 0 aliphatic carbocycles. The molecule has 0 bridgehead atoms. The van der Waals surface area contributed by atoms with Gasteiger partial charge >= 0.3 is 0 Å². The third-order valence-electron chi connectivity index (χ3n) is 3.12. The predicted octanol–water partition coefficient (Wildman–Crippen LogP) is 3.71. The van der Waals surface area contributed by atoms with E-state index in [4.69, 9.17) is 0 Å². The Morgan fingerprint density at radius 2 is 1.90 bits per heavy atom. The van der Waals surface area contributed by atoms with Gasteiger partial charge in [-0.2, -0.15) is 0 Å². The first-order chi connectivity index (χ1) is 9.49. The molecular formula is C15H23F2NOS. The van der Waals surface area contributed by atoms with E-state index in [1.165, 1.54) is 11.8 Å². The Morgan fingerprint density at radius 3 is 2.40 bits per heavy atom. The summed E-state index contributed by atoms with van der Waals surface area (Å²) in [5.41, 5.74) is 0.595. The standard InChI is InChI=1S/C15H23F2NOS/c1-10(2)8-11(9-19)18-14(15(16)17)12-6-4-5-7-13(12)20-3/h4-7,10-11,14-15,18-19H,8-9H2,1-3H3/t11-,14-/m0/s1. The van der Waals surface area contributed by atoms with Gasteiger partial charge in [-0.25, -0.2) is 8.78 Å². The molecule has 0 spiro atoms. The summed E-state index contributed by atoms with van der Waals surface area (Å²) in [6.45, 7) is 3.89. The molecule has 2 nitrogen and oxygen atoms in total. The molecule has 1 rings (SSSR count). The zero-order chi connectivity index (χ0) is 15.1. The summed E-state index contributed by atoms with van der Waals surface area (Å²) in [5, 5.41) is 12.3. The van der Waals surface area contributed by atoms with Crippen LogP contribution in [0.3, 0.4) is 0 Å². The van der Waals surface area contributed by atoms with E-state index >= 15 is 0 Å². The summed E-state index contributed by atoms with van der Waals surface area (Å²) in [7, 11) is 0. The van der Waals surface area contributed by atoms with Gasteiger partial charge in [-0.1, -0.05) is 32.0 Å².